The molecule has 2 heterocycles. The predicted molar refractivity (Wildman–Crippen MR) is 100 cm³/mol. The van der Waals surface area contributed by atoms with E-state index in [-0.39, 0.29) is 11.9 Å². The maximum Gasteiger partial charge on any atom is 0.226 e. The highest BCUT2D eigenvalue weighted by molar-refractivity contribution is 7.09. The number of benzene rings is 1. The van der Waals surface area contributed by atoms with Gasteiger partial charge in [-0.25, -0.2) is 4.98 Å². The van der Waals surface area contributed by atoms with Gasteiger partial charge in [0.1, 0.15) is 17.4 Å². The molecule has 25 heavy (non-hydrogen) atoms. The first kappa shape index (κ1) is 18.2. The van der Waals surface area contributed by atoms with Crippen LogP contribution in [0.1, 0.15) is 30.5 Å². The molecule has 7 heteroatoms. The molecule has 0 bridgehead atoms. The smallest absolute Gasteiger partial charge is 0.226 e. The Morgan fingerprint density at radius 2 is 2.24 bits per heavy atom. The van der Waals surface area contributed by atoms with E-state index in [1.165, 1.54) is 11.3 Å². The first-order valence-corrected chi connectivity index (χ1v) is 9.68. The van der Waals surface area contributed by atoms with Crippen molar-refractivity contribution in [1.29, 1.82) is 0 Å². The van der Waals surface area contributed by atoms with Crippen molar-refractivity contribution in [1.82, 2.24) is 15.6 Å². The Morgan fingerprint density at radius 3 is 3.00 bits per heavy atom. The minimum atomic E-state index is 0.0366. The fourth-order valence-corrected chi connectivity index (χ4v) is 3.71. The number of thiazole rings is 1. The van der Waals surface area contributed by atoms with Crippen LogP contribution in [0.4, 0.5) is 0 Å². The maximum atomic E-state index is 12.2. The summed E-state index contributed by atoms with van der Waals surface area (Å²) in [5.41, 5.74) is 0.791. The number of nitrogens with one attached hydrogen (secondary N) is 2. The van der Waals surface area contributed by atoms with E-state index in [1.54, 1.807) is 12.1 Å². The van der Waals surface area contributed by atoms with Crippen molar-refractivity contribution in [3.63, 3.8) is 0 Å². The fourth-order valence-electron chi connectivity index (χ4n) is 2.88. The van der Waals surface area contributed by atoms with E-state index in [9.17, 15) is 4.79 Å². The molecule has 1 fully saturated rings. The molecule has 0 saturated carbocycles. The minimum absolute atomic E-state index is 0.0366. The van der Waals surface area contributed by atoms with E-state index in [0.717, 1.165) is 35.8 Å². The van der Waals surface area contributed by atoms with Gasteiger partial charge in [0.2, 0.25) is 5.91 Å². The molecule has 0 aliphatic carbocycles. The summed E-state index contributed by atoms with van der Waals surface area (Å²) >= 11 is 7.36. The number of hydrogen-bond donors (Lipinski definition) is 2. The summed E-state index contributed by atoms with van der Waals surface area (Å²) in [7, 11) is 0. The number of ether oxygens (including phenoxy) is 1. The van der Waals surface area contributed by atoms with Crippen LogP contribution in [-0.4, -0.2) is 29.5 Å². The molecule has 2 atom stereocenters. The highest BCUT2D eigenvalue weighted by atomic mass is 35.5. The van der Waals surface area contributed by atoms with Gasteiger partial charge in [-0.15, -0.1) is 11.3 Å². The Kier molecular flexibility index (Phi) is 6.29. The maximum absolute atomic E-state index is 12.2. The third-order valence-corrected chi connectivity index (χ3v) is 5.23. The van der Waals surface area contributed by atoms with Crippen molar-refractivity contribution in [2.45, 2.75) is 44.9 Å². The van der Waals surface area contributed by atoms with E-state index in [4.69, 9.17) is 16.3 Å². The van der Waals surface area contributed by atoms with Crippen LogP contribution in [0.3, 0.4) is 0 Å². The lowest BCUT2D eigenvalue weighted by atomic mass is 10.0. The number of rotatable bonds is 6. The van der Waals surface area contributed by atoms with Crippen LogP contribution in [0.15, 0.2) is 29.6 Å². The van der Waals surface area contributed by atoms with Crippen LogP contribution in [0.5, 0.6) is 5.75 Å². The highest BCUT2D eigenvalue weighted by Crippen LogP contribution is 2.18. The van der Waals surface area contributed by atoms with E-state index in [0.29, 0.717) is 24.1 Å². The van der Waals surface area contributed by atoms with Gasteiger partial charge < -0.3 is 15.4 Å². The molecule has 2 aromatic rings. The number of amides is 1. The zero-order valence-electron chi connectivity index (χ0n) is 14.1. The lowest BCUT2D eigenvalue weighted by molar-refractivity contribution is -0.121. The average Bonchev–Trinajstić information content (AvgIpc) is 3.01. The van der Waals surface area contributed by atoms with E-state index >= 15 is 0 Å². The van der Waals surface area contributed by atoms with Crippen molar-refractivity contribution in [3.05, 3.63) is 45.4 Å². The molecule has 1 aromatic carbocycles. The molecule has 2 N–H and O–H groups in total. The zero-order valence-corrected chi connectivity index (χ0v) is 15.7. The second-order valence-corrected chi connectivity index (χ2v) is 7.68. The number of halogens is 1. The summed E-state index contributed by atoms with van der Waals surface area (Å²) in [6, 6.07) is 7.94. The predicted octanol–water partition coefficient (Wildman–Crippen LogP) is 3.17. The van der Waals surface area contributed by atoms with Crippen molar-refractivity contribution in [2.75, 3.05) is 6.54 Å². The van der Waals surface area contributed by atoms with Gasteiger partial charge in [0.25, 0.3) is 0 Å². The van der Waals surface area contributed by atoms with Crippen LogP contribution < -0.4 is 15.4 Å². The molecule has 134 valence electrons. The zero-order chi connectivity index (χ0) is 17.6. The molecule has 1 amide bonds. The third-order valence-electron chi connectivity index (χ3n) is 4.11. The minimum Gasteiger partial charge on any atom is -0.486 e. The molecule has 0 spiro atoms. The van der Waals surface area contributed by atoms with Gasteiger partial charge in [0.05, 0.1) is 12.1 Å². The Bertz CT molecular complexity index is 705. The lowest BCUT2D eigenvalue weighted by Crippen LogP contribution is -2.46. The summed E-state index contributed by atoms with van der Waals surface area (Å²) in [5.74, 6) is 0.786. The largest absolute Gasteiger partial charge is 0.486 e. The first-order chi connectivity index (χ1) is 12.1. The Balaban J connectivity index is 1.46. The number of aromatic nitrogens is 1. The molecule has 1 aromatic heterocycles. The first-order valence-electron chi connectivity index (χ1n) is 8.43. The van der Waals surface area contributed by atoms with Gasteiger partial charge in [-0.2, -0.15) is 0 Å². The van der Waals surface area contributed by atoms with Gasteiger partial charge in [-0.1, -0.05) is 11.6 Å². The Labute approximate surface area is 156 Å². The number of nitrogens with zero attached hydrogens (tertiary/aromatic N) is 1. The summed E-state index contributed by atoms with van der Waals surface area (Å²) in [6.45, 7) is 3.49. The Hall–Kier alpha value is -1.63. The Morgan fingerprint density at radius 1 is 1.44 bits per heavy atom. The van der Waals surface area contributed by atoms with Gasteiger partial charge >= 0.3 is 0 Å². The molecule has 5 nitrogen and oxygen atoms in total. The molecule has 2 unspecified atom stereocenters. The average molecular weight is 380 g/mol. The fraction of sp³-hybridized carbons (Fsp3) is 0.444. The number of carbonyl (C=O) groups excluding carboxylic acids is 1. The van der Waals surface area contributed by atoms with E-state index in [1.807, 2.05) is 17.5 Å². The SMILES string of the molecule is CC1CC(NC(=O)Cc2csc(COc3ccc(Cl)cc3)n2)CCN1. The standard InChI is InChI=1S/C18H22ClN3O2S/c1-12-8-14(6-7-20-12)21-17(23)9-15-11-25-18(22-15)10-24-16-4-2-13(19)3-5-16/h2-5,11-12,14,20H,6-10H2,1H3,(H,21,23). The van der Waals surface area contributed by atoms with Crippen molar-refractivity contribution in [3.8, 4) is 5.75 Å². The monoisotopic (exact) mass is 379 g/mol. The topological polar surface area (TPSA) is 63.2 Å². The van der Waals surface area contributed by atoms with Crippen molar-refractivity contribution < 1.29 is 9.53 Å². The van der Waals surface area contributed by atoms with E-state index in [2.05, 4.69) is 22.5 Å². The molecular formula is C18H22ClN3O2S. The summed E-state index contributed by atoms with van der Waals surface area (Å²) in [5, 5.41) is 9.95. The van der Waals surface area contributed by atoms with Crippen LogP contribution in [0.2, 0.25) is 5.02 Å². The van der Waals surface area contributed by atoms with Crippen molar-refractivity contribution in [2.24, 2.45) is 0 Å². The normalized spacial score (nSPS) is 20.2. The van der Waals surface area contributed by atoms with Crippen LogP contribution in [0.25, 0.3) is 0 Å². The molecule has 1 saturated heterocycles. The number of piperidine rings is 1. The third kappa shape index (κ3) is 5.70. The van der Waals surface area contributed by atoms with Crippen LogP contribution in [-0.2, 0) is 17.8 Å². The quantitative estimate of drug-likeness (QED) is 0.809. The molecule has 0 radical (unpaired) electrons. The van der Waals surface area contributed by atoms with E-state index < -0.39 is 0 Å². The van der Waals surface area contributed by atoms with Crippen LogP contribution in [0, 0.1) is 0 Å². The number of carbonyl (C=O) groups is 1. The molecule has 1 aliphatic heterocycles. The molecule has 1 aliphatic rings. The van der Waals surface area contributed by atoms with Gasteiger partial charge in [0, 0.05) is 22.5 Å². The number of hydrogen-bond acceptors (Lipinski definition) is 5. The lowest BCUT2D eigenvalue weighted by Gasteiger charge is -2.28. The van der Waals surface area contributed by atoms with Gasteiger partial charge in [-0.05, 0) is 50.6 Å². The van der Waals surface area contributed by atoms with Crippen LogP contribution >= 0.6 is 22.9 Å². The second kappa shape index (κ2) is 8.65. The summed E-state index contributed by atoms with van der Waals surface area (Å²) in [6.07, 6.45) is 2.27. The summed E-state index contributed by atoms with van der Waals surface area (Å²) in [4.78, 5) is 16.7. The van der Waals surface area contributed by atoms with Gasteiger partial charge in [-0.3, -0.25) is 4.79 Å². The molecular weight excluding hydrogens is 358 g/mol. The van der Waals surface area contributed by atoms with Gasteiger partial charge in [0.15, 0.2) is 0 Å². The second-order valence-electron chi connectivity index (χ2n) is 6.30. The highest BCUT2D eigenvalue weighted by Gasteiger charge is 2.20. The molecule has 3 rings (SSSR count). The summed E-state index contributed by atoms with van der Waals surface area (Å²) < 4.78 is 5.68. The van der Waals surface area contributed by atoms with Crippen molar-refractivity contribution >= 4 is 28.8 Å².